The summed E-state index contributed by atoms with van der Waals surface area (Å²) in [6.07, 6.45) is 5.73. The Morgan fingerprint density at radius 2 is 1.91 bits per heavy atom. The van der Waals surface area contributed by atoms with E-state index in [4.69, 9.17) is 9.47 Å². The van der Waals surface area contributed by atoms with Crippen LogP contribution in [0.1, 0.15) is 37.7 Å². The maximum atomic E-state index is 12.2. The number of nitrogens with one attached hydrogen (secondary N) is 1. The van der Waals surface area contributed by atoms with E-state index in [0.29, 0.717) is 18.9 Å². The first-order valence-electron chi connectivity index (χ1n) is 8.67. The van der Waals surface area contributed by atoms with Crippen molar-refractivity contribution in [3.63, 3.8) is 0 Å². The van der Waals surface area contributed by atoms with Gasteiger partial charge in [0.25, 0.3) is 0 Å². The molecule has 1 N–H and O–H groups in total. The lowest BCUT2D eigenvalue weighted by Gasteiger charge is -2.31. The summed E-state index contributed by atoms with van der Waals surface area (Å²) in [5, 5.41) is 3.03. The van der Waals surface area contributed by atoms with Crippen LogP contribution >= 0.6 is 0 Å². The molecular weight excluding hydrogens is 292 g/mol. The third-order valence-electron chi connectivity index (χ3n) is 5.11. The van der Waals surface area contributed by atoms with Crippen molar-refractivity contribution in [2.45, 2.75) is 44.7 Å². The molecule has 0 bridgehead atoms. The fourth-order valence-electron chi connectivity index (χ4n) is 3.55. The number of hydrogen-bond donors (Lipinski definition) is 1. The Hall–Kier alpha value is -1.75. The monoisotopic (exact) mass is 316 g/mol. The lowest BCUT2D eigenvalue weighted by Crippen LogP contribution is -2.37. The highest BCUT2D eigenvalue weighted by Crippen LogP contribution is 2.33. The normalized spacial score (nSPS) is 21.4. The fraction of sp³-hybridized carbons (Fsp3) is 0.611. The van der Waals surface area contributed by atoms with Gasteiger partial charge in [-0.2, -0.15) is 0 Å². The Balaban J connectivity index is 1.21. The lowest BCUT2D eigenvalue weighted by atomic mass is 9.93. The van der Waals surface area contributed by atoms with Crippen LogP contribution < -0.4 is 14.8 Å². The number of nitrogens with zero attached hydrogens (tertiary/aromatic N) is 1. The van der Waals surface area contributed by atoms with Crippen LogP contribution in [-0.2, 0) is 11.3 Å². The van der Waals surface area contributed by atoms with Crippen LogP contribution in [0.4, 0.5) is 0 Å². The first-order valence-corrected chi connectivity index (χ1v) is 8.67. The maximum Gasteiger partial charge on any atom is 0.231 e. The van der Waals surface area contributed by atoms with E-state index in [0.717, 1.165) is 35.9 Å². The third-order valence-corrected chi connectivity index (χ3v) is 5.11. The average Bonchev–Trinajstić information content (AvgIpc) is 3.31. The number of piperidine rings is 1. The van der Waals surface area contributed by atoms with E-state index in [9.17, 15) is 4.79 Å². The molecular formula is C18H24N2O3. The van der Waals surface area contributed by atoms with Crippen LogP contribution in [0.25, 0.3) is 0 Å². The molecule has 124 valence electrons. The highest BCUT2D eigenvalue weighted by atomic mass is 16.7. The summed E-state index contributed by atoms with van der Waals surface area (Å²) < 4.78 is 10.7. The number of amides is 1. The zero-order valence-electron chi connectivity index (χ0n) is 13.4. The van der Waals surface area contributed by atoms with Crippen LogP contribution in [0, 0.1) is 5.92 Å². The third kappa shape index (κ3) is 3.61. The predicted molar refractivity (Wildman–Crippen MR) is 86.3 cm³/mol. The minimum atomic E-state index is 0.160. The van der Waals surface area contributed by atoms with Crippen LogP contribution in [0.15, 0.2) is 18.2 Å². The Labute approximate surface area is 136 Å². The molecule has 2 heterocycles. The highest BCUT2D eigenvalue weighted by Gasteiger charge is 2.32. The van der Waals surface area contributed by atoms with Crippen LogP contribution in [0.2, 0.25) is 0 Å². The molecule has 1 saturated carbocycles. The van der Waals surface area contributed by atoms with Gasteiger partial charge in [-0.05, 0) is 62.4 Å². The Kier molecular flexibility index (Phi) is 4.12. The van der Waals surface area contributed by atoms with Gasteiger partial charge in [-0.15, -0.1) is 0 Å². The Morgan fingerprint density at radius 1 is 1.13 bits per heavy atom. The number of likely N-dealkylation sites (tertiary alicyclic amines) is 1. The first kappa shape index (κ1) is 14.8. The summed E-state index contributed by atoms with van der Waals surface area (Å²) in [6, 6.07) is 6.67. The lowest BCUT2D eigenvalue weighted by molar-refractivity contribution is -0.122. The summed E-state index contributed by atoms with van der Waals surface area (Å²) in [5.74, 6) is 2.25. The minimum Gasteiger partial charge on any atom is -0.454 e. The predicted octanol–water partition coefficient (Wildman–Crippen LogP) is 2.30. The van der Waals surface area contributed by atoms with Crippen molar-refractivity contribution in [3.8, 4) is 11.5 Å². The maximum absolute atomic E-state index is 12.2. The number of carbonyl (C=O) groups excluding carboxylic acids is 1. The number of rotatable bonds is 5. The van der Waals surface area contributed by atoms with Gasteiger partial charge in [-0.1, -0.05) is 6.07 Å². The van der Waals surface area contributed by atoms with Gasteiger partial charge in [-0.3, -0.25) is 4.79 Å². The first-order chi connectivity index (χ1) is 11.3. The van der Waals surface area contributed by atoms with Gasteiger partial charge in [0, 0.05) is 19.0 Å². The molecule has 23 heavy (non-hydrogen) atoms. The van der Waals surface area contributed by atoms with Crippen LogP contribution in [-0.4, -0.2) is 36.7 Å². The average molecular weight is 316 g/mol. The minimum absolute atomic E-state index is 0.160. The summed E-state index contributed by atoms with van der Waals surface area (Å²) in [5.41, 5.74) is 1.05. The van der Waals surface area contributed by atoms with Gasteiger partial charge >= 0.3 is 0 Å². The second kappa shape index (κ2) is 6.40. The Morgan fingerprint density at radius 3 is 2.70 bits per heavy atom. The second-order valence-electron chi connectivity index (χ2n) is 6.88. The van der Waals surface area contributed by atoms with Gasteiger partial charge in [0.15, 0.2) is 11.5 Å². The number of fused-ring (bicyclic) bond motifs is 1. The van der Waals surface area contributed by atoms with E-state index in [2.05, 4.69) is 10.2 Å². The van der Waals surface area contributed by atoms with Crippen molar-refractivity contribution in [3.05, 3.63) is 23.8 Å². The molecule has 3 aliphatic rings. The largest absolute Gasteiger partial charge is 0.454 e. The SMILES string of the molecule is O=C(CC1CCN(C2CC2)CC1)NCc1ccc2c(c1)OCO2. The van der Waals surface area contributed by atoms with E-state index in [1.807, 2.05) is 18.2 Å². The van der Waals surface area contributed by atoms with Gasteiger partial charge in [-0.25, -0.2) is 0 Å². The molecule has 0 aromatic heterocycles. The van der Waals surface area contributed by atoms with Crippen molar-refractivity contribution in [2.75, 3.05) is 19.9 Å². The van der Waals surface area contributed by atoms with E-state index >= 15 is 0 Å². The van der Waals surface area contributed by atoms with Gasteiger partial charge < -0.3 is 19.7 Å². The molecule has 1 aliphatic carbocycles. The molecule has 1 saturated heterocycles. The molecule has 1 amide bonds. The molecule has 0 unspecified atom stereocenters. The molecule has 2 aliphatic heterocycles. The molecule has 1 aromatic rings. The number of benzene rings is 1. The summed E-state index contributed by atoms with van der Waals surface area (Å²) in [7, 11) is 0. The van der Waals surface area contributed by atoms with E-state index in [1.54, 1.807) is 0 Å². The van der Waals surface area contributed by atoms with E-state index in [-0.39, 0.29) is 12.7 Å². The van der Waals surface area contributed by atoms with E-state index < -0.39 is 0 Å². The van der Waals surface area contributed by atoms with Crippen LogP contribution in [0.3, 0.4) is 0 Å². The van der Waals surface area contributed by atoms with Crippen molar-refractivity contribution in [1.29, 1.82) is 0 Å². The van der Waals surface area contributed by atoms with Crippen molar-refractivity contribution >= 4 is 5.91 Å². The van der Waals surface area contributed by atoms with Crippen LogP contribution in [0.5, 0.6) is 11.5 Å². The molecule has 4 rings (SSSR count). The Bertz CT molecular complexity index is 578. The zero-order valence-corrected chi connectivity index (χ0v) is 13.4. The highest BCUT2D eigenvalue weighted by molar-refractivity contribution is 5.76. The van der Waals surface area contributed by atoms with E-state index in [1.165, 1.54) is 25.9 Å². The number of carbonyl (C=O) groups is 1. The molecule has 5 heteroatoms. The van der Waals surface area contributed by atoms with Crippen molar-refractivity contribution in [2.24, 2.45) is 5.92 Å². The van der Waals surface area contributed by atoms with Gasteiger partial charge in [0.1, 0.15) is 0 Å². The van der Waals surface area contributed by atoms with Crippen molar-refractivity contribution in [1.82, 2.24) is 10.2 Å². The standard InChI is InChI=1S/C18H24N2O3/c21-18(10-13-5-7-20(8-6-13)15-2-3-15)19-11-14-1-4-16-17(9-14)23-12-22-16/h1,4,9,13,15H,2-3,5-8,10-12H2,(H,19,21). The quantitative estimate of drug-likeness (QED) is 0.905. The smallest absolute Gasteiger partial charge is 0.231 e. The summed E-state index contributed by atoms with van der Waals surface area (Å²) in [4.78, 5) is 14.8. The van der Waals surface area contributed by atoms with Gasteiger partial charge in [0.05, 0.1) is 0 Å². The zero-order chi connectivity index (χ0) is 15.6. The molecule has 0 spiro atoms. The molecule has 0 atom stereocenters. The molecule has 1 aromatic carbocycles. The number of hydrogen-bond acceptors (Lipinski definition) is 4. The fourth-order valence-corrected chi connectivity index (χ4v) is 3.55. The summed E-state index contributed by atoms with van der Waals surface area (Å²) in [6.45, 7) is 3.18. The molecule has 5 nitrogen and oxygen atoms in total. The number of ether oxygens (including phenoxy) is 2. The molecule has 0 radical (unpaired) electrons. The van der Waals surface area contributed by atoms with Crippen molar-refractivity contribution < 1.29 is 14.3 Å². The second-order valence-corrected chi connectivity index (χ2v) is 6.88. The molecule has 2 fully saturated rings. The summed E-state index contributed by atoms with van der Waals surface area (Å²) >= 11 is 0. The topological polar surface area (TPSA) is 50.8 Å². The van der Waals surface area contributed by atoms with Gasteiger partial charge in [0.2, 0.25) is 12.7 Å².